The highest BCUT2D eigenvalue weighted by atomic mass is 35.5. The molecular formula is C11H10Cl2O4. The smallest absolute Gasteiger partial charge is 0.324 e. The van der Waals surface area contributed by atoms with Crippen LogP contribution in [0.3, 0.4) is 0 Å². The summed E-state index contributed by atoms with van der Waals surface area (Å²) < 4.78 is 9.09. The van der Waals surface area contributed by atoms with Crippen LogP contribution in [0.25, 0.3) is 0 Å². The largest absolute Gasteiger partial charge is 0.468 e. The first-order valence-electron chi connectivity index (χ1n) is 4.61. The number of ether oxygens (including phenoxy) is 2. The van der Waals surface area contributed by atoms with Crippen LogP contribution in [0.1, 0.15) is 11.5 Å². The normalized spacial score (nSPS) is 10.2. The van der Waals surface area contributed by atoms with Crippen LogP contribution in [0.2, 0.25) is 10.0 Å². The first-order chi connectivity index (χ1) is 7.99. The molecule has 0 saturated carbocycles. The Balaban J connectivity index is 3.21. The molecule has 0 unspecified atom stereocenters. The molecule has 0 amide bonds. The fourth-order valence-electron chi connectivity index (χ4n) is 1.35. The van der Waals surface area contributed by atoms with Gasteiger partial charge in [-0.2, -0.15) is 0 Å². The topological polar surface area (TPSA) is 52.6 Å². The Labute approximate surface area is 108 Å². The summed E-state index contributed by atoms with van der Waals surface area (Å²) in [7, 11) is 2.37. The van der Waals surface area contributed by atoms with Crippen LogP contribution in [0.15, 0.2) is 18.2 Å². The van der Waals surface area contributed by atoms with E-state index < -0.39 is 17.9 Å². The number of methoxy groups -OCH3 is 2. The summed E-state index contributed by atoms with van der Waals surface area (Å²) in [6.07, 6.45) is 0. The number of carbonyl (C=O) groups is 2. The fraction of sp³-hybridized carbons (Fsp3) is 0.273. The zero-order chi connectivity index (χ0) is 13.0. The van der Waals surface area contributed by atoms with E-state index in [9.17, 15) is 9.59 Å². The van der Waals surface area contributed by atoms with Crippen LogP contribution >= 0.6 is 23.2 Å². The third-order valence-electron chi connectivity index (χ3n) is 2.09. The highest BCUT2D eigenvalue weighted by molar-refractivity contribution is 6.34. The van der Waals surface area contributed by atoms with Crippen molar-refractivity contribution in [1.82, 2.24) is 0 Å². The first kappa shape index (κ1) is 13.8. The number of hydrogen-bond donors (Lipinski definition) is 0. The van der Waals surface area contributed by atoms with Crippen molar-refractivity contribution in [1.29, 1.82) is 0 Å². The van der Waals surface area contributed by atoms with Crippen LogP contribution in [0.5, 0.6) is 0 Å². The van der Waals surface area contributed by atoms with Crippen LogP contribution in [0, 0.1) is 0 Å². The van der Waals surface area contributed by atoms with Gasteiger partial charge in [0.15, 0.2) is 5.92 Å². The molecule has 1 aromatic carbocycles. The zero-order valence-electron chi connectivity index (χ0n) is 9.20. The van der Waals surface area contributed by atoms with Crippen LogP contribution in [-0.2, 0) is 19.1 Å². The molecule has 0 aliphatic heterocycles. The minimum Gasteiger partial charge on any atom is -0.468 e. The quantitative estimate of drug-likeness (QED) is 0.629. The highest BCUT2D eigenvalue weighted by Crippen LogP contribution is 2.26. The van der Waals surface area contributed by atoms with Gasteiger partial charge in [0.2, 0.25) is 0 Å². The Morgan fingerprint density at radius 1 is 1.00 bits per heavy atom. The molecule has 6 heteroatoms. The van der Waals surface area contributed by atoms with Crippen molar-refractivity contribution in [3.05, 3.63) is 33.8 Å². The lowest BCUT2D eigenvalue weighted by Gasteiger charge is -2.13. The van der Waals surface area contributed by atoms with E-state index in [-0.39, 0.29) is 0 Å². The van der Waals surface area contributed by atoms with Crippen molar-refractivity contribution in [2.24, 2.45) is 0 Å². The van der Waals surface area contributed by atoms with E-state index in [0.29, 0.717) is 15.6 Å². The predicted molar refractivity (Wildman–Crippen MR) is 63.2 cm³/mol. The zero-order valence-corrected chi connectivity index (χ0v) is 10.7. The molecule has 0 aromatic heterocycles. The van der Waals surface area contributed by atoms with Crippen molar-refractivity contribution in [2.45, 2.75) is 5.92 Å². The standard InChI is InChI=1S/C11H10Cl2O4/c1-16-10(14)9(11(15)17-2)6-3-7(12)5-8(13)4-6/h3-5,9H,1-2H3. The summed E-state index contributed by atoms with van der Waals surface area (Å²) in [5.74, 6) is -2.63. The van der Waals surface area contributed by atoms with E-state index >= 15 is 0 Å². The summed E-state index contributed by atoms with van der Waals surface area (Å²) in [6, 6.07) is 4.43. The van der Waals surface area contributed by atoms with Gasteiger partial charge >= 0.3 is 11.9 Å². The Morgan fingerprint density at radius 3 is 1.76 bits per heavy atom. The van der Waals surface area contributed by atoms with E-state index in [4.69, 9.17) is 23.2 Å². The highest BCUT2D eigenvalue weighted by Gasteiger charge is 2.31. The van der Waals surface area contributed by atoms with Crippen molar-refractivity contribution < 1.29 is 19.1 Å². The van der Waals surface area contributed by atoms with E-state index in [1.54, 1.807) is 0 Å². The second kappa shape index (κ2) is 5.89. The third kappa shape index (κ3) is 3.35. The van der Waals surface area contributed by atoms with E-state index in [1.807, 2.05) is 0 Å². The van der Waals surface area contributed by atoms with Gasteiger partial charge in [-0.25, -0.2) is 0 Å². The average molecular weight is 277 g/mol. The SMILES string of the molecule is COC(=O)C(C(=O)OC)c1cc(Cl)cc(Cl)c1. The number of carbonyl (C=O) groups excluding carboxylic acids is 2. The maximum Gasteiger partial charge on any atom is 0.324 e. The van der Waals surface area contributed by atoms with Crippen LogP contribution in [-0.4, -0.2) is 26.2 Å². The minimum absolute atomic E-state index is 0.324. The van der Waals surface area contributed by atoms with Crippen LogP contribution < -0.4 is 0 Å². The van der Waals surface area contributed by atoms with Crippen molar-refractivity contribution in [3.63, 3.8) is 0 Å². The predicted octanol–water partition coefficient (Wildman–Crippen LogP) is 2.42. The average Bonchev–Trinajstić information content (AvgIpc) is 2.27. The Hall–Kier alpha value is -1.26. The second-order valence-electron chi connectivity index (χ2n) is 3.18. The molecule has 0 radical (unpaired) electrons. The van der Waals surface area contributed by atoms with Crippen molar-refractivity contribution in [2.75, 3.05) is 14.2 Å². The Morgan fingerprint density at radius 2 is 1.41 bits per heavy atom. The summed E-state index contributed by atoms with van der Waals surface area (Å²) in [6.45, 7) is 0. The number of hydrogen-bond acceptors (Lipinski definition) is 4. The van der Waals surface area contributed by atoms with Gasteiger partial charge in [0, 0.05) is 10.0 Å². The number of esters is 2. The summed E-state index contributed by atoms with van der Waals surface area (Å²) >= 11 is 11.6. The van der Waals surface area contributed by atoms with Gasteiger partial charge in [0.1, 0.15) is 0 Å². The second-order valence-corrected chi connectivity index (χ2v) is 4.05. The first-order valence-corrected chi connectivity index (χ1v) is 5.36. The van der Waals surface area contributed by atoms with Crippen molar-refractivity contribution >= 4 is 35.1 Å². The van der Waals surface area contributed by atoms with Gasteiger partial charge in [-0.15, -0.1) is 0 Å². The lowest BCUT2D eigenvalue weighted by atomic mass is 9.99. The van der Waals surface area contributed by atoms with Gasteiger partial charge in [-0.1, -0.05) is 23.2 Å². The molecule has 17 heavy (non-hydrogen) atoms. The Kier molecular flexibility index (Phi) is 4.78. The molecule has 0 atom stereocenters. The molecule has 1 aromatic rings. The third-order valence-corrected chi connectivity index (χ3v) is 2.53. The van der Waals surface area contributed by atoms with E-state index in [2.05, 4.69) is 9.47 Å². The van der Waals surface area contributed by atoms with Gasteiger partial charge in [0.05, 0.1) is 14.2 Å². The van der Waals surface area contributed by atoms with Gasteiger partial charge < -0.3 is 9.47 Å². The Bertz CT molecular complexity index is 409. The summed E-state index contributed by atoms with van der Waals surface area (Å²) in [4.78, 5) is 23.1. The molecule has 0 fully saturated rings. The fourth-order valence-corrected chi connectivity index (χ4v) is 1.89. The maximum absolute atomic E-state index is 11.5. The minimum atomic E-state index is -1.18. The molecule has 0 aliphatic carbocycles. The number of halogens is 2. The molecule has 0 aliphatic rings. The van der Waals surface area contributed by atoms with Gasteiger partial charge in [-0.3, -0.25) is 9.59 Å². The molecular weight excluding hydrogens is 267 g/mol. The molecule has 0 N–H and O–H groups in total. The molecule has 0 saturated heterocycles. The molecule has 92 valence electrons. The summed E-state index contributed by atoms with van der Waals surface area (Å²) in [5, 5.41) is 0.649. The lowest BCUT2D eigenvalue weighted by Crippen LogP contribution is -2.24. The van der Waals surface area contributed by atoms with Crippen LogP contribution in [0.4, 0.5) is 0 Å². The van der Waals surface area contributed by atoms with Crippen molar-refractivity contribution in [3.8, 4) is 0 Å². The lowest BCUT2D eigenvalue weighted by molar-refractivity contribution is -0.154. The molecule has 0 heterocycles. The molecule has 0 bridgehead atoms. The number of benzene rings is 1. The summed E-state index contributed by atoms with van der Waals surface area (Å²) in [5.41, 5.74) is 0.334. The van der Waals surface area contributed by atoms with E-state index in [1.165, 1.54) is 32.4 Å². The van der Waals surface area contributed by atoms with E-state index in [0.717, 1.165) is 0 Å². The molecule has 0 spiro atoms. The number of rotatable bonds is 3. The monoisotopic (exact) mass is 276 g/mol. The van der Waals surface area contributed by atoms with Gasteiger partial charge in [0.25, 0.3) is 0 Å². The maximum atomic E-state index is 11.5. The van der Waals surface area contributed by atoms with Gasteiger partial charge in [-0.05, 0) is 23.8 Å². The molecule has 1 rings (SSSR count). The molecule has 4 nitrogen and oxygen atoms in total.